The lowest BCUT2D eigenvalue weighted by Gasteiger charge is -2.26. The molecular formula is C23H22ClN3O3. The lowest BCUT2D eigenvalue weighted by molar-refractivity contribution is 0.0320. The fourth-order valence-electron chi connectivity index (χ4n) is 3.32. The van der Waals surface area contributed by atoms with Gasteiger partial charge in [0, 0.05) is 37.3 Å². The largest absolute Gasteiger partial charge is 0.488 e. The van der Waals surface area contributed by atoms with E-state index in [4.69, 9.17) is 25.8 Å². The summed E-state index contributed by atoms with van der Waals surface area (Å²) in [5.41, 5.74) is 2.04. The Kier molecular flexibility index (Phi) is 6.65. The Bertz CT molecular complexity index is 1050. The van der Waals surface area contributed by atoms with Crippen molar-refractivity contribution in [1.29, 1.82) is 5.26 Å². The molecule has 0 atom stereocenters. The minimum Gasteiger partial charge on any atom is -0.488 e. The van der Waals surface area contributed by atoms with Gasteiger partial charge in [-0.2, -0.15) is 5.26 Å². The molecule has 1 aliphatic heterocycles. The van der Waals surface area contributed by atoms with Crippen LogP contribution >= 0.6 is 11.6 Å². The van der Waals surface area contributed by atoms with Crippen molar-refractivity contribution in [2.45, 2.75) is 6.61 Å². The van der Waals surface area contributed by atoms with Crippen molar-refractivity contribution in [1.82, 2.24) is 9.88 Å². The molecule has 154 valence electrons. The molecule has 2 aromatic carbocycles. The van der Waals surface area contributed by atoms with Crippen LogP contribution in [0.4, 0.5) is 0 Å². The quantitative estimate of drug-likeness (QED) is 0.571. The van der Waals surface area contributed by atoms with Crippen molar-refractivity contribution in [3.05, 3.63) is 64.8 Å². The third kappa shape index (κ3) is 4.82. The van der Waals surface area contributed by atoms with Gasteiger partial charge in [-0.25, -0.2) is 0 Å². The van der Waals surface area contributed by atoms with Crippen LogP contribution in [0.1, 0.15) is 11.1 Å². The van der Waals surface area contributed by atoms with Gasteiger partial charge in [-0.15, -0.1) is 0 Å². The van der Waals surface area contributed by atoms with Crippen LogP contribution in [-0.2, 0) is 11.3 Å². The number of nitriles is 1. The Balaban J connectivity index is 1.57. The van der Waals surface area contributed by atoms with Crippen molar-refractivity contribution >= 4 is 22.5 Å². The van der Waals surface area contributed by atoms with Gasteiger partial charge in [-0.3, -0.25) is 9.88 Å². The second-order valence-corrected chi connectivity index (χ2v) is 7.37. The topological polar surface area (TPSA) is 67.6 Å². The summed E-state index contributed by atoms with van der Waals surface area (Å²) in [4.78, 5) is 6.67. The van der Waals surface area contributed by atoms with Crippen molar-refractivity contribution in [2.24, 2.45) is 0 Å². The van der Waals surface area contributed by atoms with E-state index < -0.39 is 0 Å². The molecule has 0 amide bonds. The van der Waals surface area contributed by atoms with E-state index in [0.717, 1.165) is 38.4 Å². The molecular weight excluding hydrogens is 402 g/mol. The highest BCUT2D eigenvalue weighted by Gasteiger charge is 2.15. The normalized spacial score (nSPS) is 14.4. The van der Waals surface area contributed by atoms with E-state index >= 15 is 0 Å². The van der Waals surface area contributed by atoms with Crippen molar-refractivity contribution in [3.8, 4) is 17.6 Å². The molecule has 1 saturated heterocycles. The maximum absolute atomic E-state index is 9.25. The molecule has 0 saturated carbocycles. The summed E-state index contributed by atoms with van der Waals surface area (Å²) in [6, 6.07) is 15.6. The summed E-state index contributed by atoms with van der Waals surface area (Å²) in [6.45, 7) is 5.06. The Hall–Kier alpha value is -2.85. The first-order chi connectivity index (χ1) is 14.7. The Morgan fingerprint density at radius 2 is 1.87 bits per heavy atom. The minimum atomic E-state index is 0.333. The number of aromatic nitrogens is 1. The van der Waals surface area contributed by atoms with Crippen LogP contribution in [0.15, 0.2) is 48.7 Å². The van der Waals surface area contributed by atoms with Gasteiger partial charge in [0.05, 0.1) is 29.3 Å². The molecule has 0 spiro atoms. The van der Waals surface area contributed by atoms with Gasteiger partial charge < -0.3 is 14.2 Å². The summed E-state index contributed by atoms with van der Waals surface area (Å²) >= 11 is 6.41. The van der Waals surface area contributed by atoms with Crippen LogP contribution in [0.3, 0.4) is 0 Å². The lowest BCUT2D eigenvalue weighted by atomic mass is 10.1. The fourth-order valence-corrected chi connectivity index (χ4v) is 3.56. The molecule has 1 fully saturated rings. The van der Waals surface area contributed by atoms with Crippen LogP contribution in [0, 0.1) is 11.3 Å². The Morgan fingerprint density at radius 3 is 2.63 bits per heavy atom. The average molecular weight is 424 g/mol. The van der Waals surface area contributed by atoms with Crippen molar-refractivity contribution in [2.75, 3.05) is 39.5 Å². The van der Waals surface area contributed by atoms with E-state index in [-0.39, 0.29) is 0 Å². The number of halogens is 1. The second-order valence-electron chi connectivity index (χ2n) is 6.99. The monoisotopic (exact) mass is 423 g/mol. The number of rotatable bonds is 7. The third-order valence-corrected chi connectivity index (χ3v) is 5.40. The highest BCUT2D eigenvalue weighted by Crippen LogP contribution is 2.36. The zero-order valence-corrected chi connectivity index (χ0v) is 17.3. The Labute approximate surface area is 180 Å². The first-order valence-corrected chi connectivity index (χ1v) is 10.2. The summed E-state index contributed by atoms with van der Waals surface area (Å²) in [5.74, 6) is 1.19. The van der Waals surface area contributed by atoms with Crippen LogP contribution in [0.5, 0.6) is 11.5 Å². The second kappa shape index (κ2) is 9.77. The number of morpholine rings is 1. The van der Waals surface area contributed by atoms with E-state index in [9.17, 15) is 5.26 Å². The molecule has 0 bridgehead atoms. The predicted octanol–water partition coefficient (Wildman–Crippen LogP) is 4.05. The van der Waals surface area contributed by atoms with Gasteiger partial charge in [-0.1, -0.05) is 41.9 Å². The lowest BCUT2D eigenvalue weighted by Crippen LogP contribution is -2.38. The highest BCUT2D eigenvalue weighted by molar-refractivity contribution is 6.36. The minimum absolute atomic E-state index is 0.333. The van der Waals surface area contributed by atoms with E-state index in [1.165, 1.54) is 6.20 Å². The number of pyridine rings is 1. The van der Waals surface area contributed by atoms with Gasteiger partial charge in [0.15, 0.2) is 11.5 Å². The van der Waals surface area contributed by atoms with Crippen LogP contribution in [0.2, 0.25) is 5.02 Å². The van der Waals surface area contributed by atoms with Crippen LogP contribution in [0.25, 0.3) is 10.9 Å². The molecule has 2 heterocycles. The molecule has 1 aromatic heterocycles. The van der Waals surface area contributed by atoms with E-state index in [1.807, 2.05) is 36.4 Å². The van der Waals surface area contributed by atoms with Crippen LogP contribution in [-0.4, -0.2) is 49.3 Å². The number of benzene rings is 2. The molecule has 4 rings (SSSR count). The number of hydrogen-bond acceptors (Lipinski definition) is 6. The summed E-state index contributed by atoms with van der Waals surface area (Å²) < 4.78 is 17.5. The average Bonchev–Trinajstić information content (AvgIpc) is 2.79. The zero-order valence-electron chi connectivity index (χ0n) is 16.5. The number of nitrogens with zero attached hydrogens (tertiary/aromatic N) is 3. The van der Waals surface area contributed by atoms with Crippen molar-refractivity contribution in [3.63, 3.8) is 0 Å². The fraction of sp³-hybridized carbons (Fsp3) is 0.304. The summed E-state index contributed by atoms with van der Waals surface area (Å²) in [6.07, 6.45) is 1.48. The third-order valence-electron chi connectivity index (χ3n) is 4.99. The molecule has 0 unspecified atom stereocenters. The van der Waals surface area contributed by atoms with Crippen molar-refractivity contribution < 1.29 is 14.2 Å². The highest BCUT2D eigenvalue weighted by atomic mass is 35.5. The zero-order chi connectivity index (χ0) is 20.8. The first kappa shape index (κ1) is 20.4. The molecule has 0 radical (unpaired) electrons. The SMILES string of the molecule is N#Cc1cnc2cc(OCCN3CCOCC3)c(OCc3ccccc3)cc2c1Cl. The van der Waals surface area contributed by atoms with E-state index in [1.54, 1.807) is 6.07 Å². The number of hydrogen-bond donors (Lipinski definition) is 0. The predicted molar refractivity (Wildman–Crippen MR) is 115 cm³/mol. The van der Waals surface area contributed by atoms with E-state index in [0.29, 0.717) is 46.2 Å². The smallest absolute Gasteiger partial charge is 0.163 e. The van der Waals surface area contributed by atoms with Gasteiger partial charge >= 0.3 is 0 Å². The molecule has 0 N–H and O–H groups in total. The van der Waals surface area contributed by atoms with Gasteiger partial charge in [0.25, 0.3) is 0 Å². The maximum Gasteiger partial charge on any atom is 0.163 e. The molecule has 3 aromatic rings. The first-order valence-electron chi connectivity index (χ1n) is 9.86. The van der Waals surface area contributed by atoms with E-state index in [2.05, 4.69) is 16.0 Å². The summed E-state index contributed by atoms with van der Waals surface area (Å²) in [7, 11) is 0. The molecule has 0 aliphatic carbocycles. The molecule has 7 heteroatoms. The molecule has 30 heavy (non-hydrogen) atoms. The number of ether oxygens (including phenoxy) is 3. The van der Waals surface area contributed by atoms with Gasteiger partial charge in [0.2, 0.25) is 0 Å². The Morgan fingerprint density at radius 1 is 1.10 bits per heavy atom. The van der Waals surface area contributed by atoms with Gasteiger partial charge in [0.1, 0.15) is 19.3 Å². The van der Waals surface area contributed by atoms with Gasteiger partial charge in [-0.05, 0) is 11.6 Å². The number of fused-ring (bicyclic) bond motifs is 1. The molecule has 1 aliphatic rings. The summed E-state index contributed by atoms with van der Waals surface area (Å²) in [5, 5.41) is 10.3. The standard InChI is InChI=1S/C23H22ClN3O3/c24-23-18(14-25)15-26-20-13-22(29-11-8-27-6-9-28-10-7-27)21(12-19(20)23)30-16-17-4-2-1-3-5-17/h1-5,12-13,15H,6-11,16H2. The molecule has 6 nitrogen and oxygen atoms in total. The van der Waals surface area contributed by atoms with Crippen LogP contribution < -0.4 is 9.47 Å². The maximum atomic E-state index is 9.25.